The number of sulfonamides is 1. The third-order valence-electron chi connectivity index (χ3n) is 3.86. The Morgan fingerprint density at radius 2 is 1.91 bits per heavy atom. The summed E-state index contributed by atoms with van der Waals surface area (Å²) in [6, 6.07) is 8.97. The molecule has 1 saturated heterocycles. The largest absolute Gasteiger partial charge is 0.226 e. The Bertz CT molecular complexity index is 742. The van der Waals surface area contributed by atoms with E-state index in [0.717, 1.165) is 19.3 Å². The second-order valence-electron chi connectivity index (χ2n) is 5.36. The Morgan fingerprint density at radius 3 is 2.48 bits per heavy atom. The third kappa shape index (κ3) is 3.87. The number of hydrogen-bond acceptors (Lipinski definition) is 5. The van der Waals surface area contributed by atoms with Gasteiger partial charge in [-0.15, -0.1) is 11.8 Å². The highest BCUT2D eigenvalue weighted by molar-refractivity contribution is 8.12. The Hall–Kier alpha value is -1.54. The minimum absolute atomic E-state index is 0.257. The van der Waals surface area contributed by atoms with Crippen LogP contribution in [0.3, 0.4) is 0 Å². The van der Waals surface area contributed by atoms with Gasteiger partial charge in [0, 0.05) is 18.0 Å². The summed E-state index contributed by atoms with van der Waals surface area (Å²) in [5.41, 5.74) is 0.537. The van der Waals surface area contributed by atoms with Crippen molar-refractivity contribution in [1.82, 2.24) is 4.31 Å². The van der Waals surface area contributed by atoms with Gasteiger partial charge in [-0.3, -0.25) is 0 Å². The molecule has 7 heteroatoms. The summed E-state index contributed by atoms with van der Waals surface area (Å²) in [6.07, 6.45) is 3.31. The van der Waals surface area contributed by atoms with E-state index in [1.165, 1.54) is 11.8 Å². The molecule has 0 amide bonds. The van der Waals surface area contributed by atoms with Crippen LogP contribution in [0.5, 0.6) is 0 Å². The van der Waals surface area contributed by atoms with Crippen LogP contribution in [0.4, 0.5) is 0 Å². The van der Waals surface area contributed by atoms with Crippen molar-refractivity contribution in [2.75, 3.05) is 13.1 Å². The highest BCUT2D eigenvalue weighted by Gasteiger charge is 2.33. The summed E-state index contributed by atoms with van der Waals surface area (Å²) >= 11 is 1.17. The van der Waals surface area contributed by atoms with Crippen LogP contribution in [0.2, 0.25) is 0 Å². The van der Waals surface area contributed by atoms with Crippen molar-refractivity contribution in [3.05, 3.63) is 29.3 Å². The summed E-state index contributed by atoms with van der Waals surface area (Å²) in [5.74, 6) is 0. The fourth-order valence-electron chi connectivity index (χ4n) is 2.62. The molecule has 122 valence electrons. The summed E-state index contributed by atoms with van der Waals surface area (Å²) in [6.45, 7) is 2.98. The van der Waals surface area contributed by atoms with Gasteiger partial charge in [-0.05, 0) is 31.4 Å². The van der Waals surface area contributed by atoms with Crippen molar-refractivity contribution in [2.45, 2.75) is 42.1 Å². The fraction of sp³-hybridized carbons (Fsp3) is 0.500. The molecule has 1 aliphatic rings. The van der Waals surface area contributed by atoms with Gasteiger partial charge >= 0.3 is 0 Å². The zero-order chi connectivity index (χ0) is 16.9. The van der Waals surface area contributed by atoms with E-state index in [-0.39, 0.29) is 11.1 Å². The first-order valence-corrected chi connectivity index (χ1v) is 10.0. The first-order chi connectivity index (χ1) is 11.0. The molecule has 1 aliphatic heterocycles. The summed E-state index contributed by atoms with van der Waals surface area (Å²) in [5, 5.41) is 18.4. The molecule has 0 spiro atoms. The van der Waals surface area contributed by atoms with Crippen molar-refractivity contribution in [3.8, 4) is 12.1 Å². The monoisotopic (exact) mass is 349 g/mol. The van der Waals surface area contributed by atoms with Gasteiger partial charge in [0.05, 0.1) is 11.1 Å². The maximum Gasteiger partial charge on any atom is 0.226 e. The van der Waals surface area contributed by atoms with Crippen molar-refractivity contribution < 1.29 is 8.42 Å². The number of piperidine rings is 1. The predicted octanol–water partition coefficient (Wildman–Crippen LogP) is 3.07. The molecule has 1 heterocycles. The molecule has 1 aromatic rings. The molecule has 2 rings (SSSR count). The molecule has 1 atom stereocenters. The minimum Gasteiger partial charge on any atom is -0.211 e. The normalized spacial score (nSPS) is 17.2. The number of hydrogen-bond donors (Lipinski definition) is 0. The lowest BCUT2D eigenvalue weighted by Crippen LogP contribution is -2.40. The molecule has 1 fully saturated rings. The number of rotatable bonds is 5. The van der Waals surface area contributed by atoms with E-state index in [4.69, 9.17) is 5.26 Å². The van der Waals surface area contributed by atoms with E-state index in [9.17, 15) is 13.7 Å². The van der Waals surface area contributed by atoms with Crippen LogP contribution >= 0.6 is 11.8 Å². The van der Waals surface area contributed by atoms with Crippen LogP contribution in [0, 0.1) is 22.7 Å². The molecule has 0 aliphatic carbocycles. The molecule has 1 unspecified atom stereocenters. The smallest absolute Gasteiger partial charge is 0.211 e. The first kappa shape index (κ1) is 17.8. The standard InChI is InChI=1S/C16H19N3O2S2/c1-2-16(23(20,21)19-9-4-3-5-10-19)22-15-8-6-7-13(11-17)14(15)12-18/h6-8,16H,2-5,9-10H2,1H3. The first-order valence-electron chi connectivity index (χ1n) is 7.63. The van der Waals surface area contributed by atoms with Crippen molar-refractivity contribution in [1.29, 1.82) is 10.5 Å². The van der Waals surface area contributed by atoms with Gasteiger partial charge in [-0.1, -0.05) is 19.4 Å². The number of nitrogens with zero attached hydrogens (tertiary/aromatic N) is 3. The van der Waals surface area contributed by atoms with E-state index < -0.39 is 14.6 Å². The van der Waals surface area contributed by atoms with Crippen LogP contribution in [-0.4, -0.2) is 30.4 Å². The van der Waals surface area contributed by atoms with Gasteiger partial charge in [0.2, 0.25) is 10.0 Å². The van der Waals surface area contributed by atoms with Crippen LogP contribution in [0.15, 0.2) is 23.1 Å². The topological polar surface area (TPSA) is 85.0 Å². The van der Waals surface area contributed by atoms with Gasteiger partial charge in [-0.25, -0.2) is 12.7 Å². The van der Waals surface area contributed by atoms with Gasteiger partial charge in [0.15, 0.2) is 0 Å². The predicted molar refractivity (Wildman–Crippen MR) is 90.2 cm³/mol. The summed E-state index contributed by atoms with van der Waals surface area (Å²) in [7, 11) is -3.41. The van der Waals surface area contributed by atoms with Crippen molar-refractivity contribution in [3.63, 3.8) is 0 Å². The maximum atomic E-state index is 12.8. The highest BCUT2D eigenvalue weighted by Crippen LogP contribution is 2.34. The Labute approximate surface area is 142 Å². The van der Waals surface area contributed by atoms with Gasteiger partial charge in [0.25, 0.3) is 0 Å². The average Bonchev–Trinajstić information content (AvgIpc) is 2.59. The molecular weight excluding hydrogens is 330 g/mol. The van der Waals surface area contributed by atoms with E-state index >= 15 is 0 Å². The number of thioether (sulfide) groups is 1. The molecule has 0 saturated carbocycles. The summed E-state index contributed by atoms with van der Waals surface area (Å²) < 4.78 is 26.6. The van der Waals surface area contributed by atoms with Crippen LogP contribution < -0.4 is 0 Å². The quantitative estimate of drug-likeness (QED) is 0.763. The summed E-state index contributed by atoms with van der Waals surface area (Å²) in [4.78, 5) is 0.555. The number of nitriles is 2. The van der Waals surface area contributed by atoms with E-state index in [1.54, 1.807) is 22.5 Å². The maximum absolute atomic E-state index is 12.8. The van der Waals surface area contributed by atoms with Crippen LogP contribution in [0.1, 0.15) is 43.7 Å². The van der Waals surface area contributed by atoms with Crippen molar-refractivity contribution in [2.24, 2.45) is 0 Å². The zero-order valence-electron chi connectivity index (χ0n) is 13.0. The van der Waals surface area contributed by atoms with E-state index in [2.05, 4.69) is 0 Å². The Kier molecular flexibility index (Phi) is 6.06. The van der Waals surface area contributed by atoms with Crippen LogP contribution in [0.25, 0.3) is 0 Å². The molecule has 0 N–H and O–H groups in total. The Balaban J connectivity index is 2.30. The van der Waals surface area contributed by atoms with Gasteiger partial charge in [0.1, 0.15) is 16.7 Å². The molecule has 5 nitrogen and oxygen atoms in total. The highest BCUT2D eigenvalue weighted by atomic mass is 32.3. The lowest BCUT2D eigenvalue weighted by molar-refractivity contribution is 0.345. The molecule has 0 radical (unpaired) electrons. The lowest BCUT2D eigenvalue weighted by atomic mass is 10.1. The third-order valence-corrected chi connectivity index (χ3v) is 8.15. The van der Waals surface area contributed by atoms with Gasteiger partial charge in [-0.2, -0.15) is 10.5 Å². The number of benzene rings is 1. The molecule has 1 aromatic carbocycles. The second-order valence-corrected chi connectivity index (χ2v) is 9.02. The molecular formula is C16H19N3O2S2. The van der Waals surface area contributed by atoms with E-state index in [0.29, 0.717) is 24.4 Å². The lowest BCUT2D eigenvalue weighted by Gasteiger charge is -2.29. The molecule has 23 heavy (non-hydrogen) atoms. The van der Waals surface area contributed by atoms with E-state index in [1.807, 2.05) is 19.1 Å². The minimum atomic E-state index is -3.41. The Morgan fingerprint density at radius 1 is 1.22 bits per heavy atom. The van der Waals surface area contributed by atoms with Gasteiger partial charge < -0.3 is 0 Å². The fourth-order valence-corrected chi connectivity index (χ4v) is 6.18. The van der Waals surface area contributed by atoms with Crippen molar-refractivity contribution >= 4 is 21.8 Å². The SMILES string of the molecule is CCC(Sc1cccc(C#N)c1C#N)S(=O)(=O)N1CCCCC1. The second kappa shape index (κ2) is 7.83. The van der Waals surface area contributed by atoms with Crippen LogP contribution in [-0.2, 0) is 10.0 Å². The molecule has 0 bridgehead atoms. The zero-order valence-corrected chi connectivity index (χ0v) is 14.7. The average molecular weight is 349 g/mol. The molecule has 0 aromatic heterocycles.